The van der Waals surface area contributed by atoms with Crippen LogP contribution in [0.1, 0.15) is 12.5 Å². The standard InChI is InChI=1S/C42H28N4S/c1-2-13-27-22-24-35-34(26-27)32-23-25-36-37(33-21-12-20-31(39(33)47-36)28-14-6-3-7-15-28)38(32)46(35)42-44-40(29-16-8-4-9-17-29)43-41(45-42)30-18-10-5-11-19-30/h2-26H,1H3. The summed E-state index contributed by atoms with van der Waals surface area (Å²) in [6, 6.07) is 48.9. The molecule has 0 atom stereocenters. The first-order valence-electron chi connectivity index (χ1n) is 15.7. The number of nitrogens with zero attached hydrogens (tertiary/aromatic N) is 4. The van der Waals surface area contributed by atoms with Crippen LogP contribution in [0.25, 0.3) is 87.9 Å². The average molecular weight is 621 g/mol. The molecule has 9 rings (SSSR count). The number of hydrogen-bond acceptors (Lipinski definition) is 4. The van der Waals surface area contributed by atoms with E-state index >= 15 is 0 Å². The molecule has 222 valence electrons. The maximum Gasteiger partial charge on any atom is 0.238 e. The van der Waals surface area contributed by atoms with Gasteiger partial charge in [0.2, 0.25) is 5.95 Å². The van der Waals surface area contributed by atoms with E-state index in [9.17, 15) is 0 Å². The van der Waals surface area contributed by atoms with Crippen LogP contribution < -0.4 is 0 Å². The number of hydrogen-bond donors (Lipinski definition) is 0. The predicted octanol–water partition coefficient (Wildman–Crippen LogP) is 11.4. The van der Waals surface area contributed by atoms with Crippen molar-refractivity contribution in [2.24, 2.45) is 0 Å². The largest absolute Gasteiger partial charge is 0.277 e. The third-order valence-corrected chi connectivity index (χ3v) is 9.95. The van der Waals surface area contributed by atoms with E-state index in [1.165, 1.54) is 42.1 Å². The third kappa shape index (κ3) is 4.55. The molecule has 3 heterocycles. The lowest BCUT2D eigenvalue weighted by atomic mass is 10.0. The highest BCUT2D eigenvalue weighted by Gasteiger charge is 2.22. The molecule has 0 aliphatic heterocycles. The molecule has 0 aliphatic carbocycles. The van der Waals surface area contributed by atoms with Gasteiger partial charge in [-0.2, -0.15) is 9.97 Å². The Bertz CT molecular complexity index is 2560. The molecule has 3 aromatic heterocycles. The van der Waals surface area contributed by atoms with E-state index in [1.807, 2.05) is 47.7 Å². The Morgan fingerprint density at radius 1 is 0.574 bits per heavy atom. The minimum Gasteiger partial charge on any atom is -0.277 e. The maximum absolute atomic E-state index is 5.20. The molecule has 0 fully saturated rings. The zero-order valence-electron chi connectivity index (χ0n) is 25.6. The lowest BCUT2D eigenvalue weighted by Gasteiger charge is -2.11. The second-order valence-electron chi connectivity index (χ2n) is 11.6. The van der Waals surface area contributed by atoms with Gasteiger partial charge in [-0.05, 0) is 41.8 Å². The van der Waals surface area contributed by atoms with Gasteiger partial charge in [-0.25, -0.2) is 4.98 Å². The summed E-state index contributed by atoms with van der Waals surface area (Å²) >= 11 is 1.85. The van der Waals surface area contributed by atoms with Gasteiger partial charge < -0.3 is 0 Å². The minimum atomic E-state index is 0.600. The first-order chi connectivity index (χ1) is 23.3. The number of fused-ring (bicyclic) bond motifs is 7. The fourth-order valence-electron chi connectivity index (χ4n) is 6.65. The van der Waals surface area contributed by atoms with Gasteiger partial charge in [0.25, 0.3) is 0 Å². The second kappa shape index (κ2) is 11.2. The molecule has 0 saturated heterocycles. The Balaban J connectivity index is 1.43. The van der Waals surface area contributed by atoms with Crippen molar-refractivity contribution < 1.29 is 0 Å². The summed E-state index contributed by atoms with van der Waals surface area (Å²) in [5, 5.41) is 4.79. The fourth-order valence-corrected chi connectivity index (χ4v) is 7.89. The van der Waals surface area contributed by atoms with E-state index in [-0.39, 0.29) is 0 Å². The Morgan fingerprint density at radius 2 is 1.23 bits per heavy atom. The summed E-state index contributed by atoms with van der Waals surface area (Å²) in [4.78, 5) is 15.4. The highest BCUT2D eigenvalue weighted by Crippen LogP contribution is 2.45. The van der Waals surface area contributed by atoms with E-state index in [0.29, 0.717) is 17.6 Å². The van der Waals surface area contributed by atoms with Crippen molar-refractivity contribution in [3.05, 3.63) is 151 Å². The molecular formula is C42H28N4S. The van der Waals surface area contributed by atoms with Gasteiger partial charge in [-0.15, -0.1) is 11.3 Å². The molecule has 0 saturated carbocycles. The molecule has 5 heteroatoms. The summed E-state index contributed by atoms with van der Waals surface area (Å²) in [6.07, 6.45) is 4.23. The zero-order valence-corrected chi connectivity index (χ0v) is 26.4. The highest BCUT2D eigenvalue weighted by molar-refractivity contribution is 7.26. The Labute approximate surface area is 276 Å². The molecule has 6 aromatic carbocycles. The molecule has 4 nitrogen and oxygen atoms in total. The normalized spacial score (nSPS) is 11.9. The van der Waals surface area contributed by atoms with E-state index in [0.717, 1.165) is 27.7 Å². The summed E-state index contributed by atoms with van der Waals surface area (Å²) in [6.45, 7) is 2.06. The molecule has 0 amide bonds. The average Bonchev–Trinajstić information content (AvgIpc) is 3.68. The van der Waals surface area contributed by atoms with Crippen LogP contribution in [0.4, 0.5) is 0 Å². The van der Waals surface area contributed by atoms with Crippen LogP contribution in [0, 0.1) is 0 Å². The summed E-state index contributed by atoms with van der Waals surface area (Å²) in [5.41, 5.74) is 7.68. The van der Waals surface area contributed by atoms with Crippen molar-refractivity contribution in [2.45, 2.75) is 6.92 Å². The monoisotopic (exact) mass is 620 g/mol. The fraction of sp³-hybridized carbons (Fsp3) is 0.0238. The van der Waals surface area contributed by atoms with Crippen LogP contribution >= 0.6 is 11.3 Å². The lowest BCUT2D eigenvalue weighted by molar-refractivity contribution is 0.955. The van der Waals surface area contributed by atoms with Crippen LogP contribution in [0.2, 0.25) is 0 Å². The molecule has 47 heavy (non-hydrogen) atoms. The summed E-state index contributed by atoms with van der Waals surface area (Å²) in [7, 11) is 0. The molecule has 0 spiro atoms. The Kier molecular flexibility index (Phi) is 6.51. The van der Waals surface area contributed by atoms with Gasteiger partial charge in [0.05, 0.1) is 11.0 Å². The summed E-state index contributed by atoms with van der Waals surface area (Å²) < 4.78 is 4.77. The lowest BCUT2D eigenvalue weighted by Crippen LogP contribution is -2.06. The molecule has 9 aromatic rings. The molecule has 0 N–H and O–H groups in total. The van der Waals surface area contributed by atoms with E-state index in [2.05, 4.69) is 127 Å². The quantitative estimate of drug-likeness (QED) is 0.192. The maximum atomic E-state index is 5.20. The van der Waals surface area contributed by atoms with Gasteiger partial charge in [0, 0.05) is 42.1 Å². The first-order valence-corrected chi connectivity index (χ1v) is 16.6. The summed E-state index contributed by atoms with van der Waals surface area (Å²) in [5.74, 6) is 1.88. The van der Waals surface area contributed by atoms with Gasteiger partial charge in [-0.1, -0.05) is 133 Å². The third-order valence-electron chi connectivity index (χ3n) is 8.74. The van der Waals surface area contributed by atoms with E-state index < -0.39 is 0 Å². The Morgan fingerprint density at radius 3 is 1.89 bits per heavy atom. The Hall–Kier alpha value is -5.91. The zero-order chi connectivity index (χ0) is 31.3. The van der Waals surface area contributed by atoms with E-state index in [1.54, 1.807) is 0 Å². The smallest absolute Gasteiger partial charge is 0.238 e. The van der Waals surface area contributed by atoms with Gasteiger partial charge in [0.15, 0.2) is 11.6 Å². The van der Waals surface area contributed by atoms with Crippen molar-refractivity contribution in [2.75, 3.05) is 0 Å². The van der Waals surface area contributed by atoms with Gasteiger partial charge in [-0.3, -0.25) is 4.57 Å². The number of benzene rings is 6. The molecule has 0 bridgehead atoms. The van der Waals surface area contributed by atoms with E-state index in [4.69, 9.17) is 15.0 Å². The topological polar surface area (TPSA) is 43.6 Å². The van der Waals surface area contributed by atoms with Gasteiger partial charge in [0.1, 0.15) is 0 Å². The molecular weight excluding hydrogens is 593 g/mol. The van der Waals surface area contributed by atoms with Crippen LogP contribution in [0.15, 0.2) is 146 Å². The number of aromatic nitrogens is 4. The van der Waals surface area contributed by atoms with Crippen molar-refractivity contribution in [3.63, 3.8) is 0 Å². The molecule has 0 unspecified atom stereocenters. The number of allylic oxidation sites excluding steroid dienone is 1. The van der Waals surface area contributed by atoms with Crippen LogP contribution in [0.3, 0.4) is 0 Å². The first kappa shape index (κ1) is 27.4. The van der Waals surface area contributed by atoms with Crippen LogP contribution in [-0.2, 0) is 0 Å². The van der Waals surface area contributed by atoms with Crippen molar-refractivity contribution >= 4 is 59.4 Å². The number of rotatable bonds is 5. The van der Waals surface area contributed by atoms with Crippen LogP contribution in [0.5, 0.6) is 0 Å². The molecule has 0 aliphatic rings. The molecule has 0 radical (unpaired) electrons. The van der Waals surface area contributed by atoms with Crippen LogP contribution in [-0.4, -0.2) is 19.5 Å². The minimum absolute atomic E-state index is 0.600. The second-order valence-corrected chi connectivity index (χ2v) is 12.7. The van der Waals surface area contributed by atoms with Crippen molar-refractivity contribution in [1.82, 2.24) is 19.5 Å². The predicted molar refractivity (Wildman–Crippen MR) is 198 cm³/mol. The number of thiophene rings is 1. The van der Waals surface area contributed by atoms with Crippen molar-refractivity contribution in [1.29, 1.82) is 0 Å². The highest BCUT2D eigenvalue weighted by atomic mass is 32.1. The SMILES string of the molecule is CC=Cc1ccc2c(c1)c1ccc3sc4c(-c5ccccc5)cccc4c3c1n2-c1nc(-c2ccccc2)nc(-c2ccccc2)n1. The van der Waals surface area contributed by atoms with Gasteiger partial charge >= 0.3 is 0 Å². The van der Waals surface area contributed by atoms with Crippen molar-refractivity contribution in [3.8, 4) is 39.9 Å².